The number of nitro groups is 1. The second-order valence-electron chi connectivity index (χ2n) is 5.52. The number of para-hydroxylation sites is 2. The van der Waals surface area contributed by atoms with Crippen LogP contribution in [-0.2, 0) is 0 Å². The zero-order chi connectivity index (χ0) is 17.8. The number of amides is 1. The van der Waals surface area contributed by atoms with E-state index >= 15 is 0 Å². The molecule has 3 aromatic rings. The van der Waals surface area contributed by atoms with Crippen molar-refractivity contribution in [2.45, 2.75) is 6.92 Å². The van der Waals surface area contributed by atoms with Gasteiger partial charge in [-0.15, -0.1) is 0 Å². The van der Waals surface area contributed by atoms with E-state index in [1.807, 2.05) is 19.1 Å². The first-order valence-electron chi connectivity index (χ1n) is 7.62. The molecular weight excluding hydrogens is 318 g/mol. The maximum atomic E-state index is 12.3. The molecule has 0 aliphatic rings. The number of aryl methyl sites for hydroxylation is 1. The van der Waals surface area contributed by atoms with Crippen LogP contribution < -0.4 is 5.32 Å². The Morgan fingerprint density at radius 3 is 2.48 bits per heavy atom. The molecule has 0 fully saturated rings. The average Bonchev–Trinajstić information content (AvgIpc) is 2.62. The first kappa shape index (κ1) is 16.3. The molecule has 6 heteroatoms. The maximum Gasteiger partial charge on any atom is 0.292 e. The summed E-state index contributed by atoms with van der Waals surface area (Å²) in [6.07, 6.45) is 1.74. The lowest BCUT2D eigenvalue weighted by Crippen LogP contribution is -2.13. The number of nitrogens with one attached hydrogen (secondary N) is 1. The molecule has 1 amide bonds. The van der Waals surface area contributed by atoms with Crippen molar-refractivity contribution in [2.75, 3.05) is 5.32 Å². The second-order valence-corrected chi connectivity index (χ2v) is 5.52. The fourth-order valence-corrected chi connectivity index (χ4v) is 2.42. The first-order chi connectivity index (χ1) is 12.0. The molecule has 0 aliphatic carbocycles. The van der Waals surface area contributed by atoms with Gasteiger partial charge in [0.1, 0.15) is 5.69 Å². The molecule has 0 unspecified atom stereocenters. The third kappa shape index (κ3) is 3.69. The molecule has 6 nitrogen and oxygen atoms in total. The number of nitrogens with zero attached hydrogens (tertiary/aromatic N) is 2. The van der Waals surface area contributed by atoms with Crippen molar-refractivity contribution in [3.05, 3.63) is 88.1 Å². The Bertz CT molecular complexity index is 937. The topological polar surface area (TPSA) is 85.1 Å². The highest BCUT2D eigenvalue weighted by atomic mass is 16.6. The normalized spacial score (nSPS) is 10.3. The van der Waals surface area contributed by atoms with E-state index in [9.17, 15) is 14.9 Å². The molecule has 25 heavy (non-hydrogen) atoms. The van der Waals surface area contributed by atoms with Crippen LogP contribution in [0.15, 0.2) is 66.9 Å². The lowest BCUT2D eigenvalue weighted by molar-refractivity contribution is -0.383. The molecule has 1 N–H and O–H groups in total. The fraction of sp³-hybridized carbons (Fsp3) is 0.0526. The monoisotopic (exact) mass is 333 g/mol. The van der Waals surface area contributed by atoms with Crippen LogP contribution in [0.2, 0.25) is 0 Å². The summed E-state index contributed by atoms with van der Waals surface area (Å²) >= 11 is 0. The first-order valence-corrected chi connectivity index (χ1v) is 7.62. The van der Waals surface area contributed by atoms with E-state index in [4.69, 9.17) is 0 Å². The molecule has 124 valence electrons. The Kier molecular flexibility index (Phi) is 4.52. The van der Waals surface area contributed by atoms with E-state index in [-0.39, 0.29) is 11.4 Å². The van der Waals surface area contributed by atoms with Gasteiger partial charge in [0.2, 0.25) is 0 Å². The van der Waals surface area contributed by atoms with Gasteiger partial charge in [-0.25, -0.2) is 0 Å². The highest BCUT2D eigenvalue weighted by molar-refractivity contribution is 6.05. The van der Waals surface area contributed by atoms with Crippen LogP contribution in [0.25, 0.3) is 11.3 Å². The van der Waals surface area contributed by atoms with Crippen molar-refractivity contribution in [2.24, 2.45) is 0 Å². The highest BCUT2D eigenvalue weighted by Gasteiger charge is 2.15. The number of nitro benzene ring substituents is 1. The van der Waals surface area contributed by atoms with Crippen molar-refractivity contribution in [3.63, 3.8) is 0 Å². The summed E-state index contributed by atoms with van der Waals surface area (Å²) in [5.74, 6) is -0.405. The minimum absolute atomic E-state index is 0.142. The molecule has 1 aromatic heterocycles. The molecule has 0 aliphatic heterocycles. The molecule has 1 heterocycles. The Morgan fingerprint density at radius 2 is 1.80 bits per heavy atom. The zero-order valence-corrected chi connectivity index (χ0v) is 13.5. The zero-order valence-electron chi connectivity index (χ0n) is 13.5. The highest BCUT2D eigenvalue weighted by Crippen LogP contribution is 2.24. The average molecular weight is 333 g/mol. The van der Waals surface area contributed by atoms with Crippen LogP contribution in [0.1, 0.15) is 15.9 Å². The van der Waals surface area contributed by atoms with Gasteiger partial charge in [-0.2, -0.15) is 0 Å². The Morgan fingerprint density at radius 1 is 1.08 bits per heavy atom. The summed E-state index contributed by atoms with van der Waals surface area (Å²) in [7, 11) is 0. The minimum Gasteiger partial charge on any atom is -0.316 e. The van der Waals surface area contributed by atoms with E-state index in [1.165, 1.54) is 12.1 Å². The Labute approximate surface area is 144 Å². The van der Waals surface area contributed by atoms with Crippen molar-refractivity contribution in [3.8, 4) is 11.3 Å². The van der Waals surface area contributed by atoms with E-state index in [1.54, 1.807) is 42.6 Å². The van der Waals surface area contributed by atoms with Crippen molar-refractivity contribution >= 4 is 17.3 Å². The van der Waals surface area contributed by atoms with Gasteiger partial charge in [0.05, 0.1) is 10.6 Å². The fourth-order valence-electron chi connectivity index (χ4n) is 2.42. The van der Waals surface area contributed by atoms with E-state index in [0.717, 1.165) is 16.8 Å². The lowest BCUT2D eigenvalue weighted by Gasteiger charge is -2.07. The van der Waals surface area contributed by atoms with Gasteiger partial charge < -0.3 is 5.32 Å². The van der Waals surface area contributed by atoms with E-state index in [2.05, 4.69) is 10.3 Å². The number of anilines is 1. The van der Waals surface area contributed by atoms with E-state index in [0.29, 0.717) is 5.56 Å². The quantitative estimate of drug-likeness (QED) is 0.572. The summed E-state index contributed by atoms with van der Waals surface area (Å²) in [5.41, 5.74) is 3.26. The lowest BCUT2D eigenvalue weighted by atomic mass is 10.1. The van der Waals surface area contributed by atoms with Crippen LogP contribution in [0.5, 0.6) is 0 Å². The van der Waals surface area contributed by atoms with Crippen LogP contribution in [0.4, 0.5) is 11.4 Å². The third-order valence-corrected chi connectivity index (χ3v) is 3.71. The predicted octanol–water partition coefficient (Wildman–Crippen LogP) is 4.22. The number of pyridine rings is 1. The predicted molar refractivity (Wildman–Crippen MR) is 95.5 cm³/mol. The number of hydrogen-bond acceptors (Lipinski definition) is 4. The number of aromatic nitrogens is 1. The van der Waals surface area contributed by atoms with Gasteiger partial charge in [-0.1, -0.05) is 24.3 Å². The van der Waals surface area contributed by atoms with Crippen LogP contribution >= 0.6 is 0 Å². The van der Waals surface area contributed by atoms with E-state index < -0.39 is 10.8 Å². The summed E-state index contributed by atoms with van der Waals surface area (Å²) in [5, 5.41) is 13.6. The molecule has 2 aromatic carbocycles. The molecule has 0 bridgehead atoms. The van der Waals surface area contributed by atoms with Gasteiger partial charge in [0.25, 0.3) is 11.6 Å². The Hall–Kier alpha value is -3.54. The number of benzene rings is 2. The summed E-state index contributed by atoms with van der Waals surface area (Å²) < 4.78 is 0. The van der Waals surface area contributed by atoms with Crippen LogP contribution in [0, 0.1) is 17.0 Å². The molecule has 0 saturated carbocycles. The van der Waals surface area contributed by atoms with Crippen molar-refractivity contribution < 1.29 is 9.72 Å². The maximum absolute atomic E-state index is 12.3. The summed E-state index contributed by atoms with van der Waals surface area (Å²) in [6, 6.07) is 16.9. The summed E-state index contributed by atoms with van der Waals surface area (Å²) in [6.45, 7) is 1.99. The minimum atomic E-state index is -0.526. The molecule has 0 atom stereocenters. The van der Waals surface area contributed by atoms with Crippen molar-refractivity contribution in [1.29, 1.82) is 0 Å². The van der Waals surface area contributed by atoms with Crippen molar-refractivity contribution in [1.82, 2.24) is 4.98 Å². The number of carbonyl (C=O) groups excluding carboxylic acids is 1. The van der Waals surface area contributed by atoms with Gasteiger partial charge in [-0.05, 0) is 42.8 Å². The number of hydrogen-bond donors (Lipinski definition) is 1. The molecule has 0 saturated heterocycles. The molecule has 0 spiro atoms. The van der Waals surface area contributed by atoms with Gasteiger partial charge in [0.15, 0.2) is 0 Å². The number of carbonyl (C=O) groups is 1. The third-order valence-electron chi connectivity index (χ3n) is 3.71. The van der Waals surface area contributed by atoms with Crippen LogP contribution in [-0.4, -0.2) is 15.8 Å². The SMILES string of the molecule is Cc1ccnc(-c2ccc(C(=O)Nc3ccccc3[N+](=O)[O-])cc2)c1. The van der Waals surface area contributed by atoms with Gasteiger partial charge in [0, 0.05) is 23.4 Å². The Balaban J connectivity index is 1.81. The molecule has 0 radical (unpaired) electrons. The standard InChI is InChI=1S/C19H15N3O3/c1-13-10-11-20-17(12-13)14-6-8-15(9-7-14)19(23)21-16-4-2-3-5-18(16)22(24)25/h2-12H,1H3,(H,21,23). The number of rotatable bonds is 4. The summed E-state index contributed by atoms with van der Waals surface area (Å²) in [4.78, 5) is 27.1. The van der Waals surface area contributed by atoms with Gasteiger partial charge >= 0.3 is 0 Å². The van der Waals surface area contributed by atoms with Crippen LogP contribution in [0.3, 0.4) is 0 Å². The van der Waals surface area contributed by atoms with Gasteiger partial charge in [-0.3, -0.25) is 19.9 Å². The molecular formula is C19H15N3O3. The molecule has 3 rings (SSSR count). The second kappa shape index (κ2) is 6.92. The largest absolute Gasteiger partial charge is 0.316 e. The smallest absolute Gasteiger partial charge is 0.292 e.